The first-order chi connectivity index (χ1) is 10.4. The van der Waals surface area contributed by atoms with Crippen LogP contribution < -0.4 is 10.6 Å². The van der Waals surface area contributed by atoms with E-state index >= 15 is 0 Å². The SMILES string of the molecule is CCCCC(CNC(=O)OC(C)(C)C)NCC1CCCOC1. The van der Waals surface area contributed by atoms with Gasteiger partial charge >= 0.3 is 6.09 Å². The van der Waals surface area contributed by atoms with Crippen molar-refractivity contribution in [2.75, 3.05) is 26.3 Å². The Morgan fingerprint density at radius 2 is 2.18 bits per heavy atom. The number of ether oxygens (including phenoxy) is 2. The number of amides is 1. The minimum atomic E-state index is -0.449. The van der Waals surface area contributed by atoms with E-state index in [0.29, 0.717) is 18.5 Å². The molecule has 1 fully saturated rings. The Hall–Kier alpha value is -0.810. The van der Waals surface area contributed by atoms with Crippen LogP contribution in [0, 0.1) is 5.92 Å². The van der Waals surface area contributed by atoms with Crippen LogP contribution in [0.1, 0.15) is 59.8 Å². The third-order valence-electron chi connectivity index (χ3n) is 3.75. The van der Waals surface area contributed by atoms with Crippen LogP contribution in [-0.4, -0.2) is 44.0 Å². The van der Waals surface area contributed by atoms with Crippen molar-refractivity contribution in [1.82, 2.24) is 10.6 Å². The summed E-state index contributed by atoms with van der Waals surface area (Å²) >= 11 is 0. The molecule has 0 aliphatic carbocycles. The number of carbonyl (C=O) groups is 1. The zero-order valence-electron chi connectivity index (χ0n) is 14.7. The fraction of sp³-hybridized carbons (Fsp3) is 0.941. The van der Waals surface area contributed by atoms with Gasteiger partial charge in [-0.1, -0.05) is 19.8 Å². The van der Waals surface area contributed by atoms with Gasteiger partial charge in [-0.05, 0) is 46.0 Å². The zero-order chi connectivity index (χ0) is 16.4. The maximum absolute atomic E-state index is 11.8. The van der Waals surface area contributed by atoms with Crippen LogP contribution in [0.2, 0.25) is 0 Å². The van der Waals surface area contributed by atoms with E-state index in [9.17, 15) is 4.79 Å². The normalized spacial score (nSPS) is 20.5. The highest BCUT2D eigenvalue weighted by molar-refractivity contribution is 5.67. The van der Waals surface area contributed by atoms with Crippen LogP contribution in [0.25, 0.3) is 0 Å². The van der Waals surface area contributed by atoms with Crippen LogP contribution in [0.3, 0.4) is 0 Å². The molecule has 5 nitrogen and oxygen atoms in total. The van der Waals surface area contributed by atoms with Crippen molar-refractivity contribution in [1.29, 1.82) is 0 Å². The summed E-state index contributed by atoms with van der Waals surface area (Å²) in [5.74, 6) is 0.597. The third kappa shape index (κ3) is 9.26. The van der Waals surface area contributed by atoms with E-state index in [0.717, 1.165) is 45.4 Å². The molecule has 0 aromatic carbocycles. The average molecular weight is 314 g/mol. The topological polar surface area (TPSA) is 59.6 Å². The van der Waals surface area contributed by atoms with E-state index in [-0.39, 0.29) is 6.09 Å². The molecule has 5 heteroatoms. The van der Waals surface area contributed by atoms with Gasteiger partial charge in [0.1, 0.15) is 5.60 Å². The second-order valence-corrected chi connectivity index (χ2v) is 7.21. The van der Waals surface area contributed by atoms with E-state index in [4.69, 9.17) is 9.47 Å². The smallest absolute Gasteiger partial charge is 0.407 e. The van der Waals surface area contributed by atoms with Gasteiger partial charge in [0, 0.05) is 25.7 Å². The minimum Gasteiger partial charge on any atom is -0.444 e. The molecule has 2 N–H and O–H groups in total. The van der Waals surface area contributed by atoms with Crippen molar-refractivity contribution in [2.45, 2.75) is 71.4 Å². The molecule has 2 atom stereocenters. The van der Waals surface area contributed by atoms with Gasteiger partial charge in [0.2, 0.25) is 0 Å². The lowest BCUT2D eigenvalue weighted by Gasteiger charge is -2.26. The molecule has 22 heavy (non-hydrogen) atoms. The van der Waals surface area contributed by atoms with Gasteiger partial charge in [-0.15, -0.1) is 0 Å². The van der Waals surface area contributed by atoms with Gasteiger partial charge in [-0.25, -0.2) is 4.79 Å². The molecule has 1 rings (SSSR count). The van der Waals surface area contributed by atoms with Gasteiger partial charge in [0.05, 0.1) is 6.61 Å². The van der Waals surface area contributed by atoms with Crippen molar-refractivity contribution in [3.05, 3.63) is 0 Å². The van der Waals surface area contributed by atoms with Crippen LogP contribution in [0.15, 0.2) is 0 Å². The number of alkyl carbamates (subject to hydrolysis) is 1. The van der Waals surface area contributed by atoms with Crippen molar-refractivity contribution in [3.8, 4) is 0 Å². The number of nitrogens with one attached hydrogen (secondary N) is 2. The van der Waals surface area contributed by atoms with Crippen molar-refractivity contribution in [2.24, 2.45) is 5.92 Å². The van der Waals surface area contributed by atoms with Gasteiger partial charge < -0.3 is 20.1 Å². The zero-order valence-corrected chi connectivity index (χ0v) is 14.7. The second kappa shape index (κ2) is 10.1. The minimum absolute atomic E-state index is 0.300. The predicted molar refractivity (Wildman–Crippen MR) is 89.1 cm³/mol. The molecule has 1 saturated heterocycles. The van der Waals surface area contributed by atoms with Crippen molar-refractivity contribution in [3.63, 3.8) is 0 Å². The molecular formula is C17H34N2O3. The van der Waals surface area contributed by atoms with Gasteiger partial charge in [0.15, 0.2) is 0 Å². The molecule has 1 aliphatic rings. The molecular weight excluding hydrogens is 280 g/mol. The maximum atomic E-state index is 11.8. The van der Waals surface area contributed by atoms with Crippen molar-refractivity contribution < 1.29 is 14.3 Å². The molecule has 1 aliphatic heterocycles. The van der Waals surface area contributed by atoms with E-state index in [2.05, 4.69) is 17.6 Å². The van der Waals surface area contributed by atoms with Crippen LogP contribution in [0.4, 0.5) is 4.79 Å². The van der Waals surface area contributed by atoms with Gasteiger partial charge in [-0.3, -0.25) is 0 Å². The standard InChI is InChI=1S/C17H34N2O3/c1-5-6-9-15(12-19-16(20)22-17(2,3)4)18-11-14-8-7-10-21-13-14/h14-15,18H,5-13H2,1-4H3,(H,19,20). The van der Waals surface area contributed by atoms with Crippen LogP contribution in [0.5, 0.6) is 0 Å². The number of carbonyl (C=O) groups excluding carboxylic acids is 1. The Labute approximate surface area is 135 Å². The highest BCUT2D eigenvalue weighted by atomic mass is 16.6. The average Bonchev–Trinajstić information content (AvgIpc) is 2.45. The largest absolute Gasteiger partial charge is 0.444 e. The molecule has 1 amide bonds. The molecule has 0 bridgehead atoms. The van der Waals surface area contributed by atoms with E-state index in [1.807, 2.05) is 20.8 Å². The van der Waals surface area contributed by atoms with Crippen molar-refractivity contribution >= 4 is 6.09 Å². The fourth-order valence-corrected chi connectivity index (χ4v) is 2.55. The predicted octanol–water partition coefficient (Wildman–Crippen LogP) is 3.09. The Morgan fingerprint density at radius 1 is 1.41 bits per heavy atom. The van der Waals surface area contributed by atoms with Gasteiger partial charge in [0.25, 0.3) is 0 Å². The quantitative estimate of drug-likeness (QED) is 0.723. The number of unbranched alkanes of at least 4 members (excludes halogenated alkanes) is 1. The summed E-state index contributed by atoms with van der Waals surface area (Å²) in [4.78, 5) is 11.8. The summed E-state index contributed by atoms with van der Waals surface area (Å²) in [6, 6.07) is 0.300. The molecule has 0 radical (unpaired) electrons. The monoisotopic (exact) mass is 314 g/mol. The molecule has 0 aromatic rings. The fourth-order valence-electron chi connectivity index (χ4n) is 2.55. The molecule has 0 saturated carbocycles. The Balaban J connectivity index is 2.30. The van der Waals surface area contributed by atoms with Crippen LogP contribution >= 0.6 is 0 Å². The van der Waals surface area contributed by atoms with E-state index < -0.39 is 5.60 Å². The summed E-state index contributed by atoms with van der Waals surface area (Å²) in [7, 11) is 0. The number of hydrogen-bond donors (Lipinski definition) is 2. The maximum Gasteiger partial charge on any atom is 0.407 e. The summed E-state index contributed by atoms with van der Waals surface area (Å²) < 4.78 is 10.8. The first-order valence-electron chi connectivity index (χ1n) is 8.68. The highest BCUT2D eigenvalue weighted by Gasteiger charge is 2.19. The molecule has 2 unspecified atom stereocenters. The lowest BCUT2D eigenvalue weighted by Crippen LogP contribution is -2.44. The van der Waals surface area contributed by atoms with Crippen LogP contribution in [-0.2, 0) is 9.47 Å². The molecule has 0 aromatic heterocycles. The first-order valence-corrected chi connectivity index (χ1v) is 8.68. The molecule has 130 valence electrons. The highest BCUT2D eigenvalue weighted by Crippen LogP contribution is 2.13. The number of hydrogen-bond acceptors (Lipinski definition) is 4. The summed E-state index contributed by atoms with van der Waals surface area (Å²) in [6.45, 7) is 11.1. The Kier molecular flexibility index (Phi) is 8.79. The first kappa shape index (κ1) is 19.2. The summed E-state index contributed by atoms with van der Waals surface area (Å²) in [5.41, 5.74) is -0.449. The molecule has 0 spiro atoms. The second-order valence-electron chi connectivity index (χ2n) is 7.21. The Bertz CT molecular complexity index is 310. The lowest BCUT2D eigenvalue weighted by atomic mass is 10.0. The Morgan fingerprint density at radius 3 is 2.77 bits per heavy atom. The van der Waals surface area contributed by atoms with Gasteiger partial charge in [-0.2, -0.15) is 0 Å². The number of rotatable bonds is 8. The lowest BCUT2D eigenvalue weighted by molar-refractivity contribution is 0.0498. The summed E-state index contributed by atoms with van der Waals surface area (Å²) in [6.07, 6.45) is 5.44. The molecule has 1 heterocycles. The third-order valence-corrected chi connectivity index (χ3v) is 3.75. The summed E-state index contributed by atoms with van der Waals surface area (Å²) in [5, 5.41) is 6.47. The van der Waals surface area contributed by atoms with E-state index in [1.165, 1.54) is 6.42 Å². The van der Waals surface area contributed by atoms with E-state index in [1.54, 1.807) is 0 Å².